The van der Waals surface area contributed by atoms with Gasteiger partial charge in [-0.25, -0.2) is 0 Å². The summed E-state index contributed by atoms with van der Waals surface area (Å²) in [6, 6.07) is 6.31. The lowest BCUT2D eigenvalue weighted by atomic mass is 9.77. The van der Waals surface area contributed by atoms with Gasteiger partial charge in [-0.05, 0) is 73.7 Å². The summed E-state index contributed by atoms with van der Waals surface area (Å²) in [7, 11) is 3.81. The average molecular weight is 324 g/mol. The molecule has 1 N–H and O–H groups in total. The fourth-order valence-electron chi connectivity index (χ4n) is 3.95. The van der Waals surface area contributed by atoms with E-state index in [1.807, 2.05) is 6.07 Å². The third-order valence-corrected chi connectivity index (χ3v) is 5.60. The van der Waals surface area contributed by atoms with Crippen LogP contribution in [0.1, 0.15) is 24.8 Å². The Labute approximate surface area is 124 Å². The highest BCUT2D eigenvalue weighted by Gasteiger charge is 2.53. The summed E-state index contributed by atoms with van der Waals surface area (Å²) in [5, 5.41) is 3.41. The number of fused-ring (bicyclic) bond motifs is 1. The molecule has 3 heteroatoms. The molecule has 0 spiro atoms. The first-order valence-corrected chi connectivity index (χ1v) is 7.92. The van der Waals surface area contributed by atoms with E-state index in [9.17, 15) is 0 Å². The van der Waals surface area contributed by atoms with Crippen molar-refractivity contribution < 1.29 is 4.74 Å². The van der Waals surface area contributed by atoms with Crippen LogP contribution in [0.3, 0.4) is 0 Å². The summed E-state index contributed by atoms with van der Waals surface area (Å²) < 4.78 is 6.57. The van der Waals surface area contributed by atoms with Crippen molar-refractivity contribution in [2.24, 2.45) is 17.3 Å². The Morgan fingerprint density at radius 2 is 2.11 bits per heavy atom. The maximum Gasteiger partial charge on any atom is 0.119 e. The Bertz CT molecular complexity index is 464. The molecule has 2 unspecified atom stereocenters. The van der Waals surface area contributed by atoms with Crippen LogP contribution < -0.4 is 10.1 Å². The molecule has 0 bridgehead atoms. The van der Waals surface area contributed by atoms with Gasteiger partial charge in [-0.3, -0.25) is 0 Å². The third-order valence-electron chi connectivity index (χ3n) is 4.83. The van der Waals surface area contributed by atoms with Gasteiger partial charge in [0.15, 0.2) is 0 Å². The molecule has 0 radical (unpaired) electrons. The molecule has 0 saturated heterocycles. The van der Waals surface area contributed by atoms with Crippen molar-refractivity contribution >= 4 is 15.9 Å². The SMILES string of the molecule is CNCC1(Cc2cc(OC)ccc2Br)CC2CC2C1. The fraction of sp³-hybridized carbons (Fsp3) is 0.625. The van der Waals surface area contributed by atoms with Gasteiger partial charge in [-0.15, -0.1) is 0 Å². The van der Waals surface area contributed by atoms with E-state index < -0.39 is 0 Å². The van der Waals surface area contributed by atoms with E-state index in [0.717, 1.165) is 30.6 Å². The van der Waals surface area contributed by atoms with E-state index in [1.54, 1.807) is 7.11 Å². The summed E-state index contributed by atoms with van der Waals surface area (Å²) in [6.45, 7) is 1.13. The molecule has 0 aromatic heterocycles. The number of methoxy groups -OCH3 is 1. The minimum atomic E-state index is 0.456. The molecule has 19 heavy (non-hydrogen) atoms. The molecule has 2 fully saturated rings. The first-order chi connectivity index (χ1) is 9.15. The molecular weight excluding hydrogens is 302 g/mol. The van der Waals surface area contributed by atoms with Crippen molar-refractivity contribution in [3.8, 4) is 5.75 Å². The number of rotatable bonds is 5. The van der Waals surface area contributed by atoms with Crippen LogP contribution in [0, 0.1) is 17.3 Å². The molecule has 2 aliphatic rings. The van der Waals surface area contributed by atoms with E-state index in [1.165, 1.54) is 29.3 Å². The van der Waals surface area contributed by atoms with Gasteiger partial charge in [-0.1, -0.05) is 15.9 Å². The predicted molar refractivity (Wildman–Crippen MR) is 81.6 cm³/mol. The normalized spacial score (nSPS) is 32.2. The maximum atomic E-state index is 5.36. The lowest BCUT2D eigenvalue weighted by molar-refractivity contribution is 0.254. The molecule has 1 aromatic carbocycles. The zero-order valence-corrected chi connectivity index (χ0v) is 13.3. The zero-order chi connectivity index (χ0) is 13.5. The molecule has 0 heterocycles. The van der Waals surface area contributed by atoms with Gasteiger partial charge >= 0.3 is 0 Å². The quantitative estimate of drug-likeness (QED) is 0.893. The number of benzene rings is 1. The first-order valence-electron chi connectivity index (χ1n) is 7.13. The average Bonchev–Trinajstić information content (AvgIpc) is 3.01. The highest BCUT2D eigenvalue weighted by atomic mass is 79.9. The lowest BCUT2D eigenvalue weighted by Crippen LogP contribution is -2.33. The molecule has 2 nitrogen and oxygen atoms in total. The van der Waals surface area contributed by atoms with Gasteiger partial charge in [0.25, 0.3) is 0 Å². The number of ether oxygens (including phenoxy) is 1. The number of halogens is 1. The minimum Gasteiger partial charge on any atom is -0.497 e. The molecule has 2 saturated carbocycles. The second-order valence-corrected chi connectivity index (χ2v) is 7.18. The zero-order valence-electron chi connectivity index (χ0n) is 11.7. The van der Waals surface area contributed by atoms with Crippen molar-refractivity contribution in [1.29, 1.82) is 0 Å². The van der Waals surface area contributed by atoms with Gasteiger partial charge in [0.1, 0.15) is 5.75 Å². The second-order valence-electron chi connectivity index (χ2n) is 6.33. The predicted octanol–water partition coefficient (Wildman–Crippen LogP) is 3.64. The van der Waals surface area contributed by atoms with Crippen LogP contribution in [-0.4, -0.2) is 20.7 Å². The standard InChI is InChI=1S/C16H22BrNO/c1-18-10-16(7-11-5-12(11)8-16)9-13-6-14(19-2)3-4-15(13)17/h3-4,6,11-12,18H,5,7-10H2,1-2H3. The summed E-state index contributed by atoms with van der Waals surface area (Å²) in [5.41, 5.74) is 1.84. The Hall–Kier alpha value is -0.540. The van der Waals surface area contributed by atoms with Crippen LogP contribution in [0.15, 0.2) is 22.7 Å². The van der Waals surface area contributed by atoms with E-state index in [4.69, 9.17) is 4.74 Å². The summed E-state index contributed by atoms with van der Waals surface area (Å²) in [5.74, 6) is 2.98. The van der Waals surface area contributed by atoms with Crippen molar-refractivity contribution in [2.75, 3.05) is 20.7 Å². The minimum absolute atomic E-state index is 0.456. The van der Waals surface area contributed by atoms with Crippen LogP contribution >= 0.6 is 15.9 Å². The van der Waals surface area contributed by atoms with Gasteiger partial charge in [0, 0.05) is 11.0 Å². The molecule has 2 atom stereocenters. The summed E-state index contributed by atoms with van der Waals surface area (Å²) >= 11 is 3.69. The first kappa shape index (κ1) is 13.4. The Morgan fingerprint density at radius 3 is 2.74 bits per heavy atom. The van der Waals surface area contributed by atoms with Gasteiger partial charge < -0.3 is 10.1 Å². The van der Waals surface area contributed by atoms with E-state index in [-0.39, 0.29) is 0 Å². The summed E-state index contributed by atoms with van der Waals surface area (Å²) in [6.07, 6.45) is 5.41. The number of nitrogens with one attached hydrogen (secondary N) is 1. The molecule has 3 rings (SSSR count). The van der Waals surface area contributed by atoms with Crippen molar-refractivity contribution in [3.05, 3.63) is 28.2 Å². The van der Waals surface area contributed by atoms with Gasteiger partial charge in [0.2, 0.25) is 0 Å². The van der Waals surface area contributed by atoms with Crippen LogP contribution in [0.2, 0.25) is 0 Å². The molecule has 104 valence electrons. The molecule has 0 amide bonds. The fourth-order valence-corrected chi connectivity index (χ4v) is 4.34. The lowest BCUT2D eigenvalue weighted by Gasteiger charge is -2.31. The topological polar surface area (TPSA) is 21.3 Å². The number of hydrogen-bond acceptors (Lipinski definition) is 2. The number of hydrogen-bond donors (Lipinski definition) is 1. The second kappa shape index (κ2) is 5.10. The smallest absolute Gasteiger partial charge is 0.119 e. The maximum absolute atomic E-state index is 5.36. The molecule has 0 aliphatic heterocycles. The van der Waals surface area contributed by atoms with Gasteiger partial charge in [0.05, 0.1) is 7.11 Å². The highest BCUT2D eigenvalue weighted by Crippen LogP contribution is 2.60. The summed E-state index contributed by atoms with van der Waals surface area (Å²) in [4.78, 5) is 0. The van der Waals surface area contributed by atoms with E-state index >= 15 is 0 Å². The largest absolute Gasteiger partial charge is 0.497 e. The monoisotopic (exact) mass is 323 g/mol. The van der Waals surface area contributed by atoms with E-state index in [0.29, 0.717) is 5.41 Å². The van der Waals surface area contributed by atoms with Crippen LogP contribution in [-0.2, 0) is 6.42 Å². The van der Waals surface area contributed by atoms with Crippen molar-refractivity contribution in [3.63, 3.8) is 0 Å². The van der Waals surface area contributed by atoms with Crippen LogP contribution in [0.4, 0.5) is 0 Å². The Morgan fingerprint density at radius 1 is 1.37 bits per heavy atom. The van der Waals surface area contributed by atoms with Crippen molar-refractivity contribution in [2.45, 2.75) is 25.7 Å². The third kappa shape index (κ3) is 2.68. The van der Waals surface area contributed by atoms with Crippen molar-refractivity contribution in [1.82, 2.24) is 5.32 Å². The Balaban J connectivity index is 1.82. The van der Waals surface area contributed by atoms with Crippen LogP contribution in [0.5, 0.6) is 5.75 Å². The highest BCUT2D eigenvalue weighted by molar-refractivity contribution is 9.10. The van der Waals surface area contributed by atoms with Crippen LogP contribution in [0.25, 0.3) is 0 Å². The molecule has 1 aromatic rings. The molecular formula is C16H22BrNO. The van der Waals surface area contributed by atoms with E-state index in [2.05, 4.69) is 40.4 Å². The Kier molecular flexibility index (Phi) is 3.61. The van der Waals surface area contributed by atoms with Gasteiger partial charge in [-0.2, -0.15) is 0 Å². The molecule has 2 aliphatic carbocycles.